The van der Waals surface area contributed by atoms with Crippen LogP contribution < -0.4 is 10.0 Å². The number of nitrogens with zero attached hydrogens (tertiary/aromatic N) is 1. The van der Waals surface area contributed by atoms with E-state index in [4.69, 9.17) is 0 Å². The zero-order valence-corrected chi connectivity index (χ0v) is 16.1. The first-order chi connectivity index (χ1) is 11.8. The Labute approximate surface area is 151 Å². The predicted octanol–water partition coefficient (Wildman–Crippen LogP) is 2.44. The normalized spacial score (nSPS) is 16.8. The Hall–Kier alpha value is -1.60. The number of rotatable bonds is 7. The lowest BCUT2D eigenvalue weighted by molar-refractivity contribution is 0.0900. The number of likely N-dealkylation sites (tertiary alicyclic amines) is 1. The SMILES string of the molecule is CCCS(=O)(=O)Nc1cccc(C(=O)NC2CCN(C(C)C)CC2)c1. The fraction of sp³-hybridized carbons (Fsp3) is 0.611. The van der Waals surface area contributed by atoms with E-state index in [0.29, 0.717) is 23.7 Å². The number of anilines is 1. The summed E-state index contributed by atoms with van der Waals surface area (Å²) in [5, 5.41) is 3.07. The molecular formula is C18H29N3O3S. The van der Waals surface area contributed by atoms with Gasteiger partial charge in [0.1, 0.15) is 0 Å². The van der Waals surface area contributed by atoms with Crippen LogP contribution in [0.25, 0.3) is 0 Å². The van der Waals surface area contributed by atoms with Crippen LogP contribution in [-0.4, -0.2) is 50.2 Å². The largest absolute Gasteiger partial charge is 0.349 e. The molecule has 2 N–H and O–H groups in total. The summed E-state index contributed by atoms with van der Waals surface area (Å²) in [5.41, 5.74) is 0.902. The molecule has 1 aliphatic rings. The molecule has 140 valence electrons. The minimum absolute atomic E-state index is 0.0673. The molecule has 2 rings (SSSR count). The molecule has 6 nitrogen and oxygen atoms in total. The Bertz CT molecular complexity index is 681. The van der Waals surface area contributed by atoms with E-state index in [1.807, 2.05) is 6.92 Å². The van der Waals surface area contributed by atoms with Crippen molar-refractivity contribution in [3.63, 3.8) is 0 Å². The molecule has 0 spiro atoms. The minimum atomic E-state index is -3.36. The predicted molar refractivity (Wildman–Crippen MR) is 101 cm³/mol. The minimum Gasteiger partial charge on any atom is -0.349 e. The first-order valence-electron chi connectivity index (χ1n) is 8.96. The van der Waals surface area contributed by atoms with Crippen LogP contribution in [0.5, 0.6) is 0 Å². The Morgan fingerprint density at radius 3 is 2.56 bits per heavy atom. The van der Waals surface area contributed by atoms with Gasteiger partial charge in [0, 0.05) is 36.4 Å². The maximum Gasteiger partial charge on any atom is 0.251 e. The average molecular weight is 368 g/mol. The van der Waals surface area contributed by atoms with Crippen molar-refractivity contribution >= 4 is 21.6 Å². The number of hydrogen-bond donors (Lipinski definition) is 2. The van der Waals surface area contributed by atoms with Crippen molar-refractivity contribution in [1.82, 2.24) is 10.2 Å². The van der Waals surface area contributed by atoms with E-state index in [-0.39, 0.29) is 17.7 Å². The van der Waals surface area contributed by atoms with Crippen LogP contribution in [0.2, 0.25) is 0 Å². The molecule has 1 fully saturated rings. The summed E-state index contributed by atoms with van der Waals surface area (Å²) < 4.78 is 26.3. The van der Waals surface area contributed by atoms with Gasteiger partial charge in [-0.3, -0.25) is 9.52 Å². The molecule has 0 radical (unpaired) electrons. The molecule has 25 heavy (non-hydrogen) atoms. The lowest BCUT2D eigenvalue weighted by Gasteiger charge is -2.34. The summed E-state index contributed by atoms with van der Waals surface area (Å²) in [7, 11) is -3.36. The lowest BCUT2D eigenvalue weighted by Crippen LogP contribution is -2.46. The van der Waals surface area contributed by atoms with Crippen LogP contribution in [0.4, 0.5) is 5.69 Å². The van der Waals surface area contributed by atoms with Gasteiger partial charge in [0.15, 0.2) is 0 Å². The first kappa shape index (κ1) is 19.7. The number of piperidine rings is 1. The molecule has 0 atom stereocenters. The molecular weight excluding hydrogens is 338 g/mol. The van der Waals surface area contributed by atoms with Gasteiger partial charge in [-0.1, -0.05) is 13.0 Å². The number of benzene rings is 1. The monoisotopic (exact) mass is 367 g/mol. The Kier molecular flexibility index (Phi) is 6.84. The third kappa shape index (κ3) is 6.01. The van der Waals surface area contributed by atoms with E-state index < -0.39 is 10.0 Å². The zero-order chi connectivity index (χ0) is 18.4. The average Bonchev–Trinajstić information content (AvgIpc) is 2.55. The molecule has 1 aromatic rings. The second kappa shape index (κ2) is 8.67. The van der Waals surface area contributed by atoms with Crippen LogP contribution in [0, 0.1) is 0 Å². The maximum atomic E-state index is 12.5. The van der Waals surface area contributed by atoms with Crippen molar-refractivity contribution in [2.75, 3.05) is 23.6 Å². The van der Waals surface area contributed by atoms with Gasteiger partial charge in [-0.2, -0.15) is 0 Å². The molecule has 1 saturated heterocycles. The summed E-state index contributed by atoms with van der Waals surface area (Å²) in [6.07, 6.45) is 2.42. The van der Waals surface area contributed by atoms with Crippen LogP contribution in [-0.2, 0) is 10.0 Å². The molecule has 0 aliphatic carbocycles. The van der Waals surface area contributed by atoms with Gasteiger partial charge in [0.05, 0.1) is 5.75 Å². The van der Waals surface area contributed by atoms with Crippen LogP contribution in [0.15, 0.2) is 24.3 Å². The van der Waals surface area contributed by atoms with Gasteiger partial charge in [0.2, 0.25) is 10.0 Å². The van der Waals surface area contributed by atoms with Crippen molar-refractivity contribution in [3.8, 4) is 0 Å². The van der Waals surface area contributed by atoms with Crippen molar-refractivity contribution in [3.05, 3.63) is 29.8 Å². The topological polar surface area (TPSA) is 78.5 Å². The van der Waals surface area contributed by atoms with Crippen LogP contribution >= 0.6 is 0 Å². The third-order valence-corrected chi connectivity index (χ3v) is 5.96. The van der Waals surface area contributed by atoms with Crippen molar-refractivity contribution in [1.29, 1.82) is 0 Å². The number of sulfonamides is 1. The molecule has 7 heteroatoms. The summed E-state index contributed by atoms with van der Waals surface area (Å²) in [6.45, 7) is 8.15. The number of hydrogen-bond acceptors (Lipinski definition) is 4. The smallest absolute Gasteiger partial charge is 0.251 e. The van der Waals surface area contributed by atoms with Crippen LogP contribution in [0.3, 0.4) is 0 Å². The van der Waals surface area contributed by atoms with E-state index in [9.17, 15) is 13.2 Å². The zero-order valence-electron chi connectivity index (χ0n) is 15.3. The summed E-state index contributed by atoms with van der Waals surface area (Å²) in [4.78, 5) is 14.9. The molecule has 1 heterocycles. The van der Waals surface area contributed by atoms with Gasteiger partial charge < -0.3 is 10.2 Å². The number of amides is 1. The number of nitrogens with one attached hydrogen (secondary N) is 2. The van der Waals surface area contributed by atoms with Gasteiger partial charge in [-0.05, 0) is 51.3 Å². The summed E-state index contributed by atoms with van der Waals surface area (Å²) in [6, 6.07) is 7.35. The van der Waals surface area contributed by atoms with Crippen molar-refractivity contribution in [2.24, 2.45) is 0 Å². The first-order valence-corrected chi connectivity index (χ1v) is 10.6. The summed E-state index contributed by atoms with van der Waals surface area (Å²) >= 11 is 0. The Morgan fingerprint density at radius 2 is 1.96 bits per heavy atom. The second-order valence-electron chi connectivity index (χ2n) is 6.88. The molecule has 0 unspecified atom stereocenters. The highest BCUT2D eigenvalue weighted by Crippen LogP contribution is 2.16. The van der Waals surface area contributed by atoms with Crippen molar-refractivity contribution in [2.45, 2.75) is 52.1 Å². The molecule has 0 aromatic heterocycles. The molecule has 0 saturated carbocycles. The van der Waals surface area contributed by atoms with Gasteiger partial charge >= 0.3 is 0 Å². The highest BCUT2D eigenvalue weighted by Gasteiger charge is 2.22. The summed E-state index contributed by atoms with van der Waals surface area (Å²) in [5.74, 6) is -0.0859. The molecule has 1 amide bonds. The van der Waals surface area contributed by atoms with Gasteiger partial charge in [-0.25, -0.2) is 8.42 Å². The maximum absolute atomic E-state index is 12.5. The highest BCUT2D eigenvalue weighted by molar-refractivity contribution is 7.92. The fourth-order valence-corrected chi connectivity index (χ4v) is 4.18. The fourth-order valence-electron chi connectivity index (χ4n) is 3.05. The molecule has 1 aliphatic heterocycles. The van der Waals surface area contributed by atoms with E-state index in [2.05, 4.69) is 28.8 Å². The quantitative estimate of drug-likeness (QED) is 0.776. The highest BCUT2D eigenvalue weighted by atomic mass is 32.2. The van der Waals surface area contributed by atoms with Gasteiger partial charge in [0.25, 0.3) is 5.91 Å². The lowest BCUT2D eigenvalue weighted by atomic mass is 10.0. The standard InChI is InChI=1S/C18H29N3O3S/c1-4-12-25(23,24)20-17-7-5-6-15(13-17)18(22)19-16-8-10-21(11-9-16)14(2)3/h5-7,13-14,16,20H,4,8-12H2,1-3H3,(H,19,22). The van der Waals surface area contributed by atoms with E-state index in [1.54, 1.807) is 24.3 Å². The molecule has 0 bridgehead atoms. The van der Waals surface area contributed by atoms with E-state index in [0.717, 1.165) is 25.9 Å². The van der Waals surface area contributed by atoms with Crippen molar-refractivity contribution < 1.29 is 13.2 Å². The van der Waals surface area contributed by atoms with E-state index in [1.165, 1.54) is 0 Å². The number of carbonyl (C=O) groups excluding carboxylic acids is 1. The van der Waals surface area contributed by atoms with E-state index >= 15 is 0 Å². The van der Waals surface area contributed by atoms with Gasteiger partial charge in [-0.15, -0.1) is 0 Å². The Balaban J connectivity index is 1.95. The Morgan fingerprint density at radius 1 is 1.28 bits per heavy atom. The number of carbonyl (C=O) groups is 1. The second-order valence-corrected chi connectivity index (χ2v) is 8.72. The van der Waals surface area contributed by atoms with Crippen LogP contribution in [0.1, 0.15) is 50.4 Å². The molecule has 1 aromatic carbocycles. The third-order valence-electron chi connectivity index (χ3n) is 4.47.